The summed E-state index contributed by atoms with van der Waals surface area (Å²) in [5.41, 5.74) is 4.52. The molecule has 0 fully saturated rings. The normalized spacial score (nSPS) is 13.0. The van der Waals surface area contributed by atoms with E-state index in [2.05, 4.69) is 13.0 Å². The summed E-state index contributed by atoms with van der Waals surface area (Å²) in [7, 11) is 0. The Kier molecular flexibility index (Phi) is 12.8. The van der Waals surface area contributed by atoms with Crippen molar-refractivity contribution in [2.75, 3.05) is 0 Å². The second-order valence-electron chi connectivity index (χ2n) is 11.7. The number of carbonyl (C=O) groups is 1. The van der Waals surface area contributed by atoms with Gasteiger partial charge in [-0.25, -0.2) is 0 Å². The van der Waals surface area contributed by atoms with Crippen LogP contribution in [0, 0.1) is 5.92 Å². The Morgan fingerprint density at radius 3 is 1.93 bits per heavy atom. The van der Waals surface area contributed by atoms with Gasteiger partial charge >= 0.3 is 18.1 Å². The van der Waals surface area contributed by atoms with E-state index in [4.69, 9.17) is 0 Å². The highest BCUT2D eigenvalue weighted by atomic mass is 19.4. The molecular weight excluding hydrogens is 579 g/mol. The molecule has 0 heterocycles. The highest BCUT2D eigenvalue weighted by molar-refractivity contribution is 5.93. The number of hydrogen-bond acceptors (Lipinski definition) is 3. The average Bonchev–Trinajstić information content (AvgIpc) is 2.96. The number of phenolic OH excluding ortho intramolecular Hbond substituents is 2. The van der Waals surface area contributed by atoms with E-state index in [1.54, 1.807) is 18.2 Å². The third kappa shape index (κ3) is 9.83. The van der Waals surface area contributed by atoms with Crippen LogP contribution in [0.15, 0.2) is 48.5 Å². The first-order chi connectivity index (χ1) is 20.8. The Morgan fingerprint density at radius 2 is 1.30 bits per heavy atom. The van der Waals surface area contributed by atoms with Crippen molar-refractivity contribution in [1.29, 1.82) is 0 Å². The predicted octanol–water partition coefficient (Wildman–Crippen LogP) is 10.6. The predicted molar refractivity (Wildman–Crippen MR) is 163 cm³/mol. The summed E-state index contributed by atoms with van der Waals surface area (Å²) in [5.74, 6) is -6.38. The Morgan fingerprint density at radius 1 is 0.727 bits per heavy atom. The van der Waals surface area contributed by atoms with Gasteiger partial charge in [-0.3, -0.25) is 4.79 Å². The number of carboxylic acids is 1. The number of aliphatic carboxylic acids is 1. The molecule has 0 spiro atoms. The van der Waals surface area contributed by atoms with Crippen LogP contribution in [-0.2, 0) is 17.6 Å². The fraction of sp³-hybridized carbons (Fsp3) is 0.514. The zero-order valence-electron chi connectivity index (χ0n) is 25.2. The number of unbranched alkanes of at least 4 members (excludes halogenated alkanes) is 7. The van der Waals surface area contributed by atoms with E-state index in [1.807, 2.05) is 24.3 Å². The van der Waals surface area contributed by atoms with Gasteiger partial charge in [0, 0.05) is 6.42 Å². The van der Waals surface area contributed by atoms with Crippen molar-refractivity contribution >= 4 is 16.7 Å². The van der Waals surface area contributed by atoms with Gasteiger partial charge in [0.15, 0.2) is 0 Å². The molecule has 0 bridgehead atoms. The molecule has 9 heteroatoms. The van der Waals surface area contributed by atoms with Crippen LogP contribution in [0.2, 0.25) is 0 Å². The van der Waals surface area contributed by atoms with Crippen molar-refractivity contribution in [3.05, 3.63) is 59.7 Å². The summed E-state index contributed by atoms with van der Waals surface area (Å²) in [6.45, 7) is 2.06. The summed E-state index contributed by atoms with van der Waals surface area (Å²) < 4.78 is 63.1. The van der Waals surface area contributed by atoms with Crippen LogP contribution in [-0.4, -0.2) is 33.4 Å². The molecule has 0 aromatic heterocycles. The number of benzene rings is 3. The first-order valence-corrected chi connectivity index (χ1v) is 15.6. The number of phenols is 2. The molecule has 1 unspecified atom stereocenters. The van der Waals surface area contributed by atoms with Crippen molar-refractivity contribution in [3.8, 4) is 22.6 Å². The monoisotopic (exact) mass is 622 g/mol. The van der Waals surface area contributed by atoms with Crippen molar-refractivity contribution in [2.24, 2.45) is 5.92 Å². The molecular formula is C35H43F5O4. The molecule has 44 heavy (non-hydrogen) atoms. The zero-order valence-corrected chi connectivity index (χ0v) is 25.2. The van der Waals surface area contributed by atoms with Crippen molar-refractivity contribution < 1.29 is 42.1 Å². The van der Waals surface area contributed by atoms with Crippen LogP contribution in [0.4, 0.5) is 22.0 Å². The molecule has 0 aliphatic heterocycles. The van der Waals surface area contributed by atoms with Gasteiger partial charge in [0.1, 0.15) is 11.5 Å². The first-order valence-electron chi connectivity index (χ1n) is 15.6. The number of halogens is 5. The fourth-order valence-corrected chi connectivity index (χ4v) is 5.90. The third-order valence-corrected chi connectivity index (χ3v) is 8.41. The molecule has 0 aliphatic rings. The summed E-state index contributed by atoms with van der Waals surface area (Å²) >= 11 is 0. The van der Waals surface area contributed by atoms with E-state index in [-0.39, 0.29) is 24.3 Å². The molecule has 4 nitrogen and oxygen atoms in total. The minimum atomic E-state index is -5.61. The lowest BCUT2D eigenvalue weighted by Crippen LogP contribution is -2.36. The van der Waals surface area contributed by atoms with E-state index < -0.39 is 36.8 Å². The van der Waals surface area contributed by atoms with Crippen LogP contribution in [0.5, 0.6) is 11.5 Å². The Balaban J connectivity index is 1.43. The smallest absolute Gasteiger partial charge is 0.453 e. The van der Waals surface area contributed by atoms with Crippen LogP contribution >= 0.6 is 0 Å². The van der Waals surface area contributed by atoms with Gasteiger partial charge in [-0.2, -0.15) is 22.0 Å². The van der Waals surface area contributed by atoms with Crippen molar-refractivity contribution in [2.45, 2.75) is 109 Å². The second kappa shape index (κ2) is 16.1. The quantitative estimate of drug-likeness (QED) is 0.0974. The van der Waals surface area contributed by atoms with Crippen LogP contribution in [0.1, 0.15) is 95.1 Å². The van der Waals surface area contributed by atoms with Crippen LogP contribution in [0.25, 0.3) is 21.9 Å². The highest BCUT2D eigenvalue weighted by Crippen LogP contribution is 2.40. The molecule has 3 rings (SSSR count). The van der Waals surface area contributed by atoms with Gasteiger partial charge < -0.3 is 15.3 Å². The number of rotatable bonds is 18. The van der Waals surface area contributed by atoms with Crippen molar-refractivity contribution in [3.63, 3.8) is 0 Å². The zero-order chi connectivity index (χ0) is 32.3. The van der Waals surface area contributed by atoms with Crippen LogP contribution < -0.4 is 0 Å². The van der Waals surface area contributed by atoms with Gasteiger partial charge in [0.25, 0.3) is 0 Å². The number of carboxylic acid groups (broad SMARTS) is 1. The number of fused-ring (bicyclic) bond motifs is 1. The lowest BCUT2D eigenvalue weighted by Gasteiger charge is -2.20. The van der Waals surface area contributed by atoms with E-state index in [1.165, 1.54) is 5.56 Å². The fourth-order valence-electron chi connectivity index (χ4n) is 5.90. The molecule has 3 aromatic rings. The Hall–Kier alpha value is -3.36. The minimum absolute atomic E-state index is 0.187. The van der Waals surface area contributed by atoms with Gasteiger partial charge in [-0.05, 0) is 95.8 Å². The van der Waals surface area contributed by atoms with Crippen LogP contribution in [0.3, 0.4) is 0 Å². The van der Waals surface area contributed by atoms with E-state index in [0.29, 0.717) is 6.42 Å². The van der Waals surface area contributed by atoms with Crippen molar-refractivity contribution in [1.82, 2.24) is 0 Å². The summed E-state index contributed by atoms with van der Waals surface area (Å²) in [4.78, 5) is 11.4. The lowest BCUT2D eigenvalue weighted by atomic mass is 9.88. The molecule has 0 saturated carbocycles. The number of alkyl halides is 5. The second-order valence-corrected chi connectivity index (χ2v) is 11.7. The van der Waals surface area contributed by atoms with E-state index in [9.17, 15) is 42.1 Å². The van der Waals surface area contributed by atoms with Gasteiger partial charge in [-0.1, -0.05) is 76.1 Å². The Bertz CT molecular complexity index is 1370. The Labute approximate surface area is 255 Å². The maximum atomic E-state index is 13.1. The summed E-state index contributed by atoms with van der Waals surface area (Å²) in [6.07, 6.45) is 1.66. The number of hydrogen-bond donors (Lipinski definition) is 3. The molecule has 1 atom stereocenters. The SMILES string of the molecule is CCc1cc(O)ccc1-c1ccc2cc(O)ccc2c1CCCCCCCCCCC(CCCC(F)(F)C(F)(F)F)C(=O)O. The largest absolute Gasteiger partial charge is 0.508 e. The van der Waals surface area contributed by atoms with Gasteiger partial charge in [-0.15, -0.1) is 0 Å². The highest BCUT2D eigenvalue weighted by Gasteiger charge is 2.56. The number of aromatic hydroxyl groups is 2. The topological polar surface area (TPSA) is 77.8 Å². The maximum Gasteiger partial charge on any atom is 0.453 e. The molecule has 0 radical (unpaired) electrons. The molecule has 0 amide bonds. The van der Waals surface area contributed by atoms with Gasteiger partial charge in [0.05, 0.1) is 5.92 Å². The number of aryl methyl sites for hydroxylation is 2. The summed E-state index contributed by atoms with van der Waals surface area (Å²) in [6, 6.07) is 15.0. The molecule has 3 N–H and O–H groups in total. The molecule has 3 aromatic carbocycles. The van der Waals surface area contributed by atoms with E-state index >= 15 is 0 Å². The maximum absolute atomic E-state index is 13.1. The third-order valence-electron chi connectivity index (χ3n) is 8.41. The lowest BCUT2D eigenvalue weighted by molar-refractivity contribution is -0.284. The molecule has 242 valence electrons. The average molecular weight is 623 g/mol. The molecule has 0 aliphatic carbocycles. The first kappa shape index (κ1) is 35.1. The minimum Gasteiger partial charge on any atom is -0.508 e. The van der Waals surface area contributed by atoms with E-state index in [0.717, 1.165) is 85.3 Å². The van der Waals surface area contributed by atoms with Gasteiger partial charge in [0.2, 0.25) is 0 Å². The molecule has 0 saturated heterocycles. The standard InChI is InChI=1S/C35H43F5O4/c1-2-24-22-27(41)16-19-29(24)32-18-15-26-23-28(42)17-20-30(26)31(32)14-10-8-6-4-3-5-7-9-12-25(33(43)44)13-11-21-34(36,37)35(38,39)40/h15-20,22-23,25,41-42H,2-14,21H2,1H3,(H,43,44). The summed E-state index contributed by atoms with van der Waals surface area (Å²) in [5, 5.41) is 31.4.